The molecule has 0 fully saturated rings. The van der Waals surface area contributed by atoms with Crippen molar-refractivity contribution in [3.05, 3.63) is 64.2 Å². The van der Waals surface area contributed by atoms with Crippen LogP contribution < -0.4 is 10.2 Å². The molecule has 118 valence electrons. The maximum atomic E-state index is 11.9. The minimum Gasteiger partial charge on any atom is -0.496 e. The van der Waals surface area contributed by atoms with Crippen molar-refractivity contribution >= 4 is 29.7 Å². The van der Waals surface area contributed by atoms with Gasteiger partial charge in [-0.25, -0.2) is 10.2 Å². The van der Waals surface area contributed by atoms with Crippen LogP contribution in [-0.4, -0.2) is 30.3 Å². The van der Waals surface area contributed by atoms with Crippen LogP contribution in [0.25, 0.3) is 0 Å². The molecule has 0 aliphatic heterocycles. The number of carbonyl (C=O) groups is 2. The fraction of sp³-hybridized carbons (Fsp3) is 0.0625. The number of benzene rings is 2. The van der Waals surface area contributed by atoms with Crippen LogP contribution in [-0.2, 0) is 0 Å². The van der Waals surface area contributed by atoms with Crippen molar-refractivity contribution in [1.29, 1.82) is 0 Å². The summed E-state index contributed by atoms with van der Waals surface area (Å²) in [7, 11) is 1.39. The van der Waals surface area contributed by atoms with E-state index in [-0.39, 0.29) is 11.3 Å². The zero-order chi connectivity index (χ0) is 16.8. The van der Waals surface area contributed by atoms with Crippen LogP contribution in [0, 0.1) is 0 Å². The number of amides is 1. The van der Waals surface area contributed by atoms with E-state index in [1.807, 2.05) is 0 Å². The fourth-order valence-electron chi connectivity index (χ4n) is 1.83. The molecule has 2 aromatic carbocycles. The Morgan fingerprint density at radius 1 is 1.26 bits per heavy atom. The number of nitrogens with one attached hydrogen (secondary N) is 1. The van der Waals surface area contributed by atoms with E-state index in [4.69, 9.17) is 21.4 Å². The third-order valence-corrected chi connectivity index (χ3v) is 3.16. The Morgan fingerprint density at radius 3 is 2.70 bits per heavy atom. The Morgan fingerprint density at radius 2 is 2.04 bits per heavy atom. The molecule has 0 aromatic heterocycles. The second-order valence-corrected chi connectivity index (χ2v) is 4.91. The number of halogens is 1. The lowest BCUT2D eigenvalue weighted by Crippen LogP contribution is -2.17. The molecule has 0 aliphatic carbocycles. The molecule has 0 atom stereocenters. The summed E-state index contributed by atoms with van der Waals surface area (Å²) < 4.78 is 4.97. The number of aromatic carboxylic acids is 1. The van der Waals surface area contributed by atoms with Gasteiger partial charge in [-0.2, -0.15) is 5.10 Å². The second kappa shape index (κ2) is 7.42. The highest BCUT2D eigenvalue weighted by atomic mass is 35.5. The molecule has 0 aliphatic rings. The predicted octanol–water partition coefficient (Wildman–Crippen LogP) is 2.81. The summed E-state index contributed by atoms with van der Waals surface area (Å²) in [5.74, 6) is -1.28. The monoisotopic (exact) mass is 332 g/mol. The Bertz CT molecular complexity index is 774. The summed E-state index contributed by atoms with van der Waals surface area (Å²) in [4.78, 5) is 23.0. The number of hydrazone groups is 1. The van der Waals surface area contributed by atoms with Gasteiger partial charge in [-0.15, -0.1) is 0 Å². The van der Waals surface area contributed by atoms with Crippen molar-refractivity contribution in [1.82, 2.24) is 5.43 Å². The lowest BCUT2D eigenvalue weighted by molar-refractivity contribution is 0.0693. The van der Waals surface area contributed by atoms with E-state index in [1.54, 1.807) is 24.3 Å². The van der Waals surface area contributed by atoms with Crippen LogP contribution in [0.4, 0.5) is 0 Å². The average molecular weight is 333 g/mol. The van der Waals surface area contributed by atoms with Crippen LogP contribution in [0.2, 0.25) is 5.02 Å². The minimum atomic E-state index is -1.11. The molecular formula is C16H13ClN2O4. The Kier molecular flexibility index (Phi) is 5.32. The lowest BCUT2D eigenvalue weighted by atomic mass is 10.1. The molecular weight excluding hydrogens is 320 g/mol. The molecule has 0 saturated heterocycles. The number of rotatable bonds is 5. The van der Waals surface area contributed by atoms with Gasteiger partial charge in [-0.3, -0.25) is 4.79 Å². The van der Waals surface area contributed by atoms with Gasteiger partial charge in [-0.05, 0) is 42.0 Å². The summed E-state index contributed by atoms with van der Waals surface area (Å²) in [6.07, 6.45) is 1.34. The van der Waals surface area contributed by atoms with Gasteiger partial charge in [0, 0.05) is 10.6 Å². The fourth-order valence-corrected chi connectivity index (χ4v) is 2.02. The van der Waals surface area contributed by atoms with Crippen molar-refractivity contribution in [2.24, 2.45) is 5.10 Å². The number of nitrogens with zero attached hydrogens (tertiary/aromatic N) is 1. The number of carbonyl (C=O) groups excluding carboxylic acids is 1. The van der Waals surface area contributed by atoms with Crippen molar-refractivity contribution in [2.45, 2.75) is 0 Å². The molecule has 0 bridgehead atoms. The summed E-state index contributed by atoms with van der Waals surface area (Å²) in [5, 5.41) is 13.4. The van der Waals surface area contributed by atoms with Gasteiger partial charge in [0.15, 0.2) is 0 Å². The number of carboxylic acids is 1. The Balaban J connectivity index is 2.10. The zero-order valence-electron chi connectivity index (χ0n) is 12.1. The predicted molar refractivity (Wildman–Crippen MR) is 86.5 cm³/mol. The molecule has 0 spiro atoms. The van der Waals surface area contributed by atoms with Gasteiger partial charge in [-0.1, -0.05) is 17.7 Å². The number of carboxylic acid groups (broad SMARTS) is 1. The molecule has 23 heavy (non-hydrogen) atoms. The van der Waals surface area contributed by atoms with Crippen LogP contribution in [0.3, 0.4) is 0 Å². The van der Waals surface area contributed by atoms with E-state index in [2.05, 4.69) is 10.5 Å². The van der Waals surface area contributed by atoms with E-state index in [0.29, 0.717) is 16.1 Å². The molecule has 2 aromatic rings. The molecule has 0 unspecified atom stereocenters. The van der Waals surface area contributed by atoms with Crippen molar-refractivity contribution in [3.8, 4) is 5.75 Å². The van der Waals surface area contributed by atoms with Gasteiger partial charge in [0.05, 0.1) is 13.3 Å². The standard InChI is InChI=1S/C16H13ClN2O4/c1-23-14-6-5-10(7-13(14)16(21)22)9-18-19-15(20)11-3-2-4-12(17)8-11/h2-9H,1H3,(H,19,20)(H,21,22)/b18-9-. The van der Waals surface area contributed by atoms with Gasteiger partial charge in [0.1, 0.15) is 11.3 Å². The maximum Gasteiger partial charge on any atom is 0.339 e. The van der Waals surface area contributed by atoms with Gasteiger partial charge in [0.25, 0.3) is 5.91 Å². The average Bonchev–Trinajstić information content (AvgIpc) is 2.54. The molecule has 0 saturated carbocycles. The third kappa shape index (κ3) is 4.31. The highest BCUT2D eigenvalue weighted by Crippen LogP contribution is 2.19. The first-order valence-electron chi connectivity index (χ1n) is 6.51. The number of methoxy groups -OCH3 is 1. The van der Waals surface area contributed by atoms with Crippen molar-refractivity contribution in [3.63, 3.8) is 0 Å². The SMILES string of the molecule is COc1ccc(/C=N\NC(=O)c2cccc(Cl)c2)cc1C(=O)O. The second-order valence-electron chi connectivity index (χ2n) is 4.47. The number of hydrogen-bond donors (Lipinski definition) is 2. The van der Waals surface area contributed by atoms with E-state index in [1.165, 1.54) is 31.5 Å². The molecule has 2 rings (SSSR count). The third-order valence-electron chi connectivity index (χ3n) is 2.92. The summed E-state index contributed by atoms with van der Waals surface area (Å²) in [6, 6.07) is 11.0. The highest BCUT2D eigenvalue weighted by molar-refractivity contribution is 6.30. The van der Waals surface area contributed by atoms with E-state index in [0.717, 1.165) is 0 Å². The first-order chi connectivity index (χ1) is 11.0. The quantitative estimate of drug-likeness (QED) is 0.651. The number of hydrogen-bond acceptors (Lipinski definition) is 4. The lowest BCUT2D eigenvalue weighted by Gasteiger charge is -2.05. The van der Waals surface area contributed by atoms with Crippen LogP contribution in [0.5, 0.6) is 5.75 Å². The first-order valence-corrected chi connectivity index (χ1v) is 6.89. The van der Waals surface area contributed by atoms with Gasteiger partial charge >= 0.3 is 5.97 Å². The minimum absolute atomic E-state index is 0.0117. The molecule has 1 amide bonds. The van der Waals surface area contributed by atoms with Gasteiger partial charge < -0.3 is 9.84 Å². The largest absolute Gasteiger partial charge is 0.496 e. The first kappa shape index (κ1) is 16.5. The molecule has 2 N–H and O–H groups in total. The smallest absolute Gasteiger partial charge is 0.339 e. The van der Waals surface area contributed by atoms with Crippen molar-refractivity contribution < 1.29 is 19.4 Å². The van der Waals surface area contributed by atoms with Gasteiger partial charge in [0.2, 0.25) is 0 Å². The normalized spacial score (nSPS) is 10.5. The Labute approximate surface area is 137 Å². The van der Waals surface area contributed by atoms with Crippen LogP contribution >= 0.6 is 11.6 Å². The highest BCUT2D eigenvalue weighted by Gasteiger charge is 2.11. The summed E-state index contributed by atoms with van der Waals surface area (Å²) in [5.41, 5.74) is 3.24. The molecule has 6 nitrogen and oxygen atoms in total. The van der Waals surface area contributed by atoms with Crippen LogP contribution in [0.15, 0.2) is 47.6 Å². The molecule has 0 radical (unpaired) electrons. The molecule has 0 heterocycles. The topological polar surface area (TPSA) is 88.0 Å². The zero-order valence-corrected chi connectivity index (χ0v) is 12.9. The summed E-state index contributed by atoms with van der Waals surface area (Å²) >= 11 is 5.81. The van der Waals surface area contributed by atoms with Crippen LogP contribution in [0.1, 0.15) is 26.3 Å². The summed E-state index contributed by atoms with van der Waals surface area (Å²) in [6.45, 7) is 0. The number of ether oxygens (including phenoxy) is 1. The van der Waals surface area contributed by atoms with E-state index >= 15 is 0 Å². The Hall–Kier alpha value is -2.86. The van der Waals surface area contributed by atoms with Crippen molar-refractivity contribution in [2.75, 3.05) is 7.11 Å². The van der Waals surface area contributed by atoms with E-state index in [9.17, 15) is 9.59 Å². The van der Waals surface area contributed by atoms with E-state index < -0.39 is 11.9 Å². The molecule has 7 heteroatoms. The maximum absolute atomic E-state index is 11.9.